The van der Waals surface area contributed by atoms with Crippen LogP contribution in [0.15, 0.2) is 38.6 Å². The highest BCUT2D eigenvalue weighted by Gasteiger charge is 2.20. The second-order valence-electron chi connectivity index (χ2n) is 3.55. The van der Waals surface area contributed by atoms with Gasteiger partial charge in [0.1, 0.15) is 5.75 Å². The fraction of sp³-hybridized carbons (Fsp3) is 0.167. The van der Waals surface area contributed by atoms with E-state index in [-0.39, 0.29) is 5.75 Å². The van der Waals surface area contributed by atoms with E-state index in [9.17, 15) is 8.78 Å². The third-order valence-electron chi connectivity index (χ3n) is 2.32. The van der Waals surface area contributed by atoms with E-state index < -0.39 is 12.0 Å². The molecular weight excluding hydrogens is 425 g/mol. The predicted octanol–water partition coefficient (Wildman–Crippen LogP) is 6.20. The van der Waals surface area contributed by atoms with Gasteiger partial charge in [-0.1, -0.05) is 18.2 Å². The summed E-state index contributed by atoms with van der Waals surface area (Å²) < 4.78 is 31.0. The van der Waals surface area contributed by atoms with E-state index in [0.717, 1.165) is 13.1 Å². The average molecular weight is 433 g/mol. The summed E-state index contributed by atoms with van der Waals surface area (Å²) in [6.07, 6.45) is 0. The van der Waals surface area contributed by atoms with Crippen LogP contribution in [-0.2, 0) is 0 Å². The monoisotopic (exact) mass is 430 g/mol. The molecule has 0 N–H and O–H groups in total. The Hall–Kier alpha value is -0.170. The zero-order valence-corrected chi connectivity index (χ0v) is 14.0. The van der Waals surface area contributed by atoms with Gasteiger partial charge in [-0.3, -0.25) is 0 Å². The van der Waals surface area contributed by atoms with E-state index in [1.165, 1.54) is 17.4 Å². The van der Waals surface area contributed by atoms with E-state index in [0.29, 0.717) is 5.56 Å². The molecule has 1 atom stereocenters. The number of ether oxygens (including phenoxy) is 1. The largest absolute Gasteiger partial charge is 0.434 e. The Bertz CT molecular complexity index is 557. The van der Waals surface area contributed by atoms with Gasteiger partial charge in [0.2, 0.25) is 0 Å². The van der Waals surface area contributed by atoms with Crippen LogP contribution in [-0.4, -0.2) is 6.61 Å². The van der Waals surface area contributed by atoms with Gasteiger partial charge in [0, 0.05) is 14.9 Å². The summed E-state index contributed by atoms with van der Waals surface area (Å²) in [6, 6.07) is 8.38. The molecule has 7 heteroatoms. The van der Waals surface area contributed by atoms with Gasteiger partial charge < -0.3 is 4.74 Å². The van der Waals surface area contributed by atoms with Gasteiger partial charge >= 0.3 is 6.61 Å². The first-order chi connectivity index (χ1) is 8.99. The number of halogens is 5. The number of rotatable bonds is 4. The van der Waals surface area contributed by atoms with Crippen LogP contribution in [0, 0.1) is 0 Å². The lowest BCUT2D eigenvalue weighted by Crippen LogP contribution is -2.05. The number of alkyl halides is 3. The normalized spacial score (nSPS) is 12.7. The Labute approximate surface area is 134 Å². The SMILES string of the molecule is FC(F)Oc1ccccc1C(Cl)c1cc(Br)c(Br)s1. The molecular formula is C12H7Br2ClF2OS. The second-order valence-corrected chi connectivity index (χ2v) is 7.24. The summed E-state index contributed by atoms with van der Waals surface area (Å²) in [7, 11) is 0. The molecule has 2 rings (SSSR count). The lowest BCUT2D eigenvalue weighted by atomic mass is 10.1. The molecule has 0 aliphatic rings. The van der Waals surface area contributed by atoms with E-state index in [4.69, 9.17) is 11.6 Å². The van der Waals surface area contributed by atoms with E-state index in [1.54, 1.807) is 18.2 Å². The standard InChI is InChI=1S/C12H7Br2ClF2OS/c13-7-5-9(19-11(7)14)10(15)6-3-1-2-4-8(6)18-12(16)17/h1-5,10,12H. The van der Waals surface area contributed by atoms with Crippen LogP contribution in [0.5, 0.6) is 5.75 Å². The molecule has 0 fully saturated rings. The number of benzene rings is 1. The third kappa shape index (κ3) is 3.68. The highest BCUT2D eigenvalue weighted by molar-refractivity contribution is 9.13. The maximum atomic E-state index is 12.4. The van der Waals surface area contributed by atoms with Gasteiger partial charge in [-0.2, -0.15) is 8.78 Å². The van der Waals surface area contributed by atoms with Gasteiger partial charge in [-0.25, -0.2) is 0 Å². The Balaban J connectivity index is 2.35. The fourth-order valence-corrected chi connectivity index (χ4v) is 4.00. The molecule has 19 heavy (non-hydrogen) atoms. The summed E-state index contributed by atoms with van der Waals surface area (Å²) in [4.78, 5) is 0.839. The van der Waals surface area contributed by atoms with E-state index >= 15 is 0 Å². The van der Waals surface area contributed by atoms with Crippen LogP contribution in [0.4, 0.5) is 8.78 Å². The number of hydrogen-bond donors (Lipinski definition) is 0. The van der Waals surface area contributed by atoms with Gasteiger partial charge in [0.25, 0.3) is 0 Å². The van der Waals surface area contributed by atoms with Crippen LogP contribution >= 0.6 is 54.8 Å². The van der Waals surface area contributed by atoms with Crippen molar-refractivity contribution in [2.75, 3.05) is 0 Å². The first kappa shape index (κ1) is 15.2. The van der Waals surface area contributed by atoms with Crippen molar-refractivity contribution in [1.29, 1.82) is 0 Å². The first-order valence-electron chi connectivity index (χ1n) is 5.11. The van der Waals surface area contributed by atoms with Crippen molar-refractivity contribution < 1.29 is 13.5 Å². The molecule has 0 spiro atoms. The smallest absolute Gasteiger partial charge is 0.387 e. The number of thiophene rings is 1. The van der Waals surface area contributed by atoms with Crippen molar-refractivity contribution in [3.63, 3.8) is 0 Å². The Kier molecular flexibility index (Phi) is 5.22. The van der Waals surface area contributed by atoms with Gasteiger partial charge in [0.15, 0.2) is 0 Å². The second kappa shape index (κ2) is 6.52. The summed E-state index contributed by atoms with van der Waals surface area (Å²) >= 11 is 14.5. The first-order valence-corrected chi connectivity index (χ1v) is 7.95. The molecule has 0 aliphatic carbocycles. The van der Waals surface area contributed by atoms with Crippen molar-refractivity contribution in [3.8, 4) is 5.75 Å². The quantitative estimate of drug-likeness (QED) is 0.523. The summed E-state index contributed by atoms with van der Waals surface area (Å²) in [6.45, 7) is -2.87. The summed E-state index contributed by atoms with van der Waals surface area (Å²) in [5, 5.41) is -0.539. The minimum Gasteiger partial charge on any atom is -0.434 e. The van der Waals surface area contributed by atoms with Crippen LogP contribution in [0.25, 0.3) is 0 Å². The molecule has 1 unspecified atom stereocenters. The van der Waals surface area contributed by atoms with Gasteiger partial charge in [-0.05, 0) is 44.0 Å². The van der Waals surface area contributed by atoms with Crippen molar-refractivity contribution >= 4 is 54.8 Å². The Morgan fingerprint density at radius 1 is 1.21 bits per heavy atom. The third-order valence-corrected chi connectivity index (χ3v) is 6.24. The summed E-state index contributed by atoms with van der Waals surface area (Å²) in [5.41, 5.74) is 0.519. The topological polar surface area (TPSA) is 9.23 Å². The molecule has 0 saturated carbocycles. The molecule has 2 aromatic rings. The molecule has 0 aliphatic heterocycles. The molecule has 1 aromatic heterocycles. The zero-order chi connectivity index (χ0) is 14.0. The molecule has 0 amide bonds. The average Bonchev–Trinajstić information content (AvgIpc) is 2.69. The number of para-hydroxylation sites is 1. The number of hydrogen-bond acceptors (Lipinski definition) is 2. The predicted molar refractivity (Wildman–Crippen MR) is 80.5 cm³/mol. The lowest BCUT2D eigenvalue weighted by molar-refractivity contribution is -0.0504. The van der Waals surface area contributed by atoms with Crippen LogP contribution in [0.3, 0.4) is 0 Å². The molecule has 0 saturated heterocycles. The molecule has 1 aromatic carbocycles. The zero-order valence-electron chi connectivity index (χ0n) is 9.25. The molecule has 1 heterocycles. The highest BCUT2D eigenvalue weighted by Crippen LogP contribution is 2.42. The van der Waals surface area contributed by atoms with Crippen molar-refractivity contribution in [3.05, 3.63) is 49.0 Å². The van der Waals surface area contributed by atoms with Gasteiger partial charge in [-0.15, -0.1) is 22.9 Å². The maximum Gasteiger partial charge on any atom is 0.387 e. The fourth-order valence-electron chi connectivity index (χ4n) is 1.53. The lowest BCUT2D eigenvalue weighted by Gasteiger charge is -2.13. The molecule has 1 nitrogen and oxygen atoms in total. The summed E-state index contributed by atoms with van der Waals surface area (Å²) in [5.74, 6) is 0.0955. The van der Waals surface area contributed by atoms with Crippen molar-refractivity contribution in [1.82, 2.24) is 0 Å². The van der Waals surface area contributed by atoms with E-state index in [2.05, 4.69) is 36.6 Å². The van der Waals surface area contributed by atoms with Crippen molar-refractivity contribution in [2.24, 2.45) is 0 Å². The minimum atomic E-state index is -2.87. The highest BCUT2D eigenvalue weighted by atomic mass is 79.9. The Morgan fingerprint density at radius 2 is 1.89 bits per heavy atom. The minimum absolute atomic E-state index is 0.0955. The van der Waals surface area contributed by atoms with Crippen LogP contribution in [0.2, 0.25) is 0 Å². The Morgan fingerprint density at radius 3 is 2.47 bits per heavy atom. The van der Waals surface area contributed by atoms with Gasteiger partial charge in [0.05, 0.1) is 9.16 Å². The van der Waals surface area contributed by atoms with E-state index in [1.807, 2.05) is 6.07 Å². The maximum absolute atomic E-state index is 12.4. The van der Waals surface area contributed by atoms with Crippen molar-refractivity contribution in [2.45, 2.75) is 12.0 Å². The van der Waals surface area contributed by atoms with Crippen LogP contribution < -0.4 is 4.74 Å². The molecule has 0 bridgehead atoms. The molecule has 0 radical (unpaired) electrons. The molecule has 102 valence electrons. The van der Waals surface area contributed by atoms with Crippen LogP contribution in [0.1, 0.15) is 15.8 Å².